The van der Waals surface area contributed by atoms with E-state index in [0.717, 1.165) is 0 Å². The van der Waals surface area contributed by atoms with Crippen LogP contribution in [0, 0.1) is 28.6 Å². The summed E-state index contributed by atoms with van der Waals surface area (Å²) in [5.74, 6) is 0.356. The highest BCUT2D eigenvalue weighted by Gasteiger charge is 2.35. The van der Waals surface area contributed by atoms with E-state index in [1.54, 1.807) is 12.1 Å². The Kier molecular flexibility index (Phi) is 10.8. The average Bonchev–Trinajstić information content (AvgIpc) is 3.42. The van der Waals surface area contributed by atoms with Crippen LogP contribution in [0.3, 0.4) is 0 Å². The highest BCUT2D eigenvalue weighted by atomic mass is 35.5. The molecule has 1 fully saturated rings. The first-order valence-corrected chi connectivity index (χ1v) is 14.9. The molecule has 1 aliphatic heterocycles. The van der Waals surface area contributed by atoms with E-state index in [1.165, 1.54) is 17.8 Å². The smallest absolute Gasteiger partial charge is 0.407 e. The number of halogens is 1. The molecule has 5 N–H and O–H groups in total. The fraction of sp³-hybridized carbons (Fsp3) is 0.483. The lowest BCUT2D eigenvalue weighted by Gasteiger charge is -2.39. The van der Waals surface area contributed by atoms with Crippen LogP contribution in [-0.4, -0.2) is 76.6 Å². The second-order valence-electron chi connectivity index (χ2n) is 11.0. The van der Waals surface area contributed by atoms with Gasteiger partial charge in [0.25, 0.3) is 0 Å². The molecule has 0 aliphatic carbocycles. The Morgan fingerprint density at radius 2 is 2.04 bits per heavy atom. The SMILES string of the molecule is CCNc1nc(Nc2cc(C#N)cc(N3CC[C@@H](NC(=O)OC)[C@H](OC(=O)CC(N)CC(C)C)C3)c2Cl)nn2c(C#N)cnc12. The summed E-state index contributed by atoms with van der Waals surface area (Å²) in [4.78, 5) is 35.6. The molecule has 0 spiro atoms. The zero-order valence-corrected chi connectivity index (χ0v) is 26.3. The van der Waals surface area contributed by atoms with Crippen LogP contribution in [0.5, 0.6) is 0 Å². The monoisotopic (exact) mass is 637 g/mol. The number of piperidine rings is 1. The lowest BCUT2D eigenvalue weighted by molar-refractivity contribution is -0.151. The highest BCUT2D eigenvalue weighted by molar-refractivity contribution is 6.36. The van der Waals surface area contributed by atoms with E-state index in [2.05, 4.69) is 37.1 Å². The predicted molar refractivity (Wildman–Crippen MR) is 167 cm³/mol. The molecule has 2 aromatic heterocycles. The zero-order chi connectivity index (χ0) is 32.7. The number of nitrogens with zero attached hydrogens (tertiary/aromatic N) is 7. The molecule has 1 amide bonds. The number of hydrogen-bond acceptors (Lipinski definition) is 13. The van der Waals surface area contributed by atoms with Crippen LogP contribution < -0.4 is 26.6 Å². The van der Waals surface area contributed by atoms with Crippen LogP contribution in [0.25, 0.3) is 5.65 Å². The molecule has 45 heavy (non-hydrogen) atoms. The third-order valence-corrected chi connectivity index (χ3v) is 7.52. The van der Waals surface area contributed by atoms with Gasteiger partial charge in [0.2, 0.25) is 5.95 Å². The molecule has 1 saturated heterocycles. The van der Waals surface area contributed by atoms with E-state index in [9.17, 15) is 20.1 Å². The van der Waals surface area contributed by atoms with Crippen molar-refractivity contribution in [3.63, 3.8) is 0 Å². The first-order chi connectivity index (χ1) is 21.6. The summed E-state index contributed by atoms with van der Waals surface area (Å²) in [6.07, 6.45) is 1.08. The Balaban J connectivity index is 1.64. The Hall–Kier alpha value is -4.86. The third-order valence-electron chi connectivity index (χ3n) is 7.12. The standard InChI is InChI=1S/C29H36ClN11O4/c1-5-34-26-27-35-14-19(13-32)41(27)39-28(38-26)36-21-9-17(12-31)10-22(25(21)30)40-7-6-20(37-29(43)44-4)23(15-40)45-24(42)11-18(33)8-16(2)3/h9-10,14,16,18,20,23H,5-8,11,15,33H2,1-4H3,(H,37,43)(H2,34,36,38,39)/t18?,20-,23-/m1/s1. The molecule has 4 rings (SSSR count). The highest BCUT2D eigenvalue weighted by Crippen LogP contribution is 2.37. The third kappa shape index (κ3) is 8.00. The summed E-state index contributed by atoms with van der Waals surface area (Å²) in [7, 11) is 1.26. The molecule has 0 saturated carbocycles. The largest absolute Gasteiger partial charge is 0.458 e. The lowest BCUT2D eigenvalue weighted by atomic mass is 9.99. The van der Waals surface area contributed by atoms with Gasteiger partial charge >= 0.3 is 12.1 Å². The molecule has 1 unspecified atom stereocenters. The molecule has 238 valence electrons. The van der Waals surface area contributed by atoms with Crippen molar-refractivity contribution in [3.8, 4) is 12.1 Å². The maximum atomic E-state index is 12.9. The fourth-order valence-electron chi connectivity index (χ4n) is 5.16. The Morgan fingerprint density at radius 3 is 2.71 bits per heavy atom. The van der Waals surface area contributed by atoms with Crippen LogP contribution in [0.1, 0.15) is 51.3 Å². The quantitative estimate of drug-likeness (QED) is 0.223. The maximum Gasteiger partial charge on any atom is 0.407 e. The Labute approximate surface area is 265 Å². The van der Waals surface area contributed by atoms with Gasteiger partial charge in [-0.3, -0.25) is 4.79 Å². The van der Waals surface area contributed by atoms with Crippen molar-refractivity contribution in [2.24, 2.45) is 11.7 Å². The van der Waals surface area contributed by atoms with Gasteiger partial charge in [0.1, 0.15) is 12.2 Å². The van der Waals surface area contributed by atoms with E-state index < -0.39 is 24.2 Å². The van der Waals surface area contributed by atoms with Crippen LogP contribution >= 0.6 is 11.6 Å². The summed E-state index contributed by atoms with van der Waals surface area (Å²) < 4.78 is 12.0. The number of esters is 1. The number of nitrogens with one attached hydrogen (secondary N) is 3. The second kappa shape index (κ2) is 14.7. The molecule has 3 atom stereocenters. The van der Waals surface area contributed by atoms with E-state index in [1.807, 2.05) is 31.7 Å². The summed E-state index contributed by atoms with van der Waals surface area (Å²) in [5.41, 5.74) is 7.87. The van der Waals surface area contributed by atoms with Gasteiger partial charge in [-0.25, -0.2) is 9.78 Å². The number of rotatable bonds is 11. The molecule has 1 aromatic carbocycles. The van der Waals surface area contributed by atoms with Gasteiger partial charge in [-0.05, 0) is 37.8 Å². The number of nitrogens with two attached hydrogens (primary N) is 1. The maximum absolute atomic E-state index is 12.9. The Bertz CT molecular complexity index is 1630. The van der Waals surface area contributed by atoms with Crippen molar-refractivity contribution in [2.75, 3.05) is 42.3 Å². The molecule has 15 nitrogen and oxygen atoms in total. The summed E-state index contributed by atoms with van der Waals surface area (Å²) >= 11 is 6.92. The van der Waals surface area contributed by atoms with E-state index in [0.29, 0.717) is 60.3 Å². The zero-order valence-electron chi connectivity index (χ0n) is 25.5. The number of ether oxygens (including phenoxy) is 2. The number of methoxy groups -OCH3 is 1. The molecule has 1 aliphatic rings. The second-order valence-corrected chi connectivity index (χ2v) is 11.4. The van der Waals surface area contributed by atoms with E-state index in [-0.39, 0.29) is 35.7 Å². The summed E-state index contributed by atoms with van der Waals surface area (Å²) in [5, 5.41) is 33.0. The minimum Gasteiger partial charge on any atom is -0.458 e. The van der Waals surface area contributed by atoms with Crippen LogP contribution in [0.2, 0.25) is 5.02 Å². The molecule has 16 heteroatoms. The van der Waals surface area contributed by atoms with Crippen molar-refractivity contribution >= 4 is 52.5 Å². The number of benzene rings is 1. The minimum absolute atomic E-state index is 0.0298. The van der Waals surface area contributed by atoms with Gasteiger partial charge < -0.3 is 36.1 Å². The van der Waals surface area contributed by atoms with Gasteiger partial charge in [0.15, 0.2) is 17.2 Å². The number of carbonyl (C=O) groups excluding carboxylic acids is 2. The topological polar surface area (TPSA) is 209 Å². The molecule has 0 bridgehead atoms. The molecular formula is C29H36ClN11O4. The lowest BCUT2D eigenvalue weighted by Crippen LogP contribution is -2.56. The van der Waals surface area contributed by atoms with Crippen molar-refractivity contribution in [1.29, 1.82) is 10.5 Å². The molecule has 3 heterocycles. The van der Waals surface area contributed by atoms with E-state index in [4.69, 9.17) is 26.8 Å². The number of hydrogen-bond donors (Lipinski definition) is 4. The molecular weight excluding hydrogens is 602 g/mol. The van der Waals surface area contributed by atoms with Gasteiger partial charge in [0, 0.05) is 19.1 Å². The number of nitriles is 2. The van der Waals surface area contributed by atoms with Gasteiger partial charge in [-0.1, -0.05) is 25.4 Å². The Morgan fingerprint density at radius 1 is 1.27 bits per heavy atom. The summed E-state index contributed by atoms with van der Waals surface area (Å²) in [6.45, 7) is 7.07. The van der Waals surface area contributed by atoms with Gasteiger partial charge in [-0.15, -0.1) is 5.10 Å². The average molecular weight is 638 g/mol. The number of imidazole rings is 1. The van der Waals surface area contributed by atoms with Crippen LogP contribution in [0.4, 0.5) is 27.9 Å². The number of amides is 1. The predicted octanol–water partition coefficient (Wildman–Crippen LogP) is 3.31. The number of aromatic nitrogens is 4. The van der Waals surface area contributed by atoms with Gasteiger partial charge in [0.05, 0.1) is 60.3 Å². The fourth-order valence-corrected chi connectivity index (χ4v) is 5.44. The first-order valence-electron chi connectivity index (χ1n) is 14.5. The van der Waals surface area contributed by atoms with Gasteiger partial charge in [-0.2, -0.15) is 20.0 Å². The van der Waals surface area contributed by atoms with Crippen molar-refractivity contribution in [1.82, 2.24) is 24.9 Å². The van der Waals surface area contributed by atoms with Crippen LogP contribution in [-0.2, 0) is 14.3 Å². The normalized spacial score (nSPS) is 16.9. The van der Waals surface area contributed by atoms with Crippen molar-refractivity contribution in [2.45, 2.75) is 58.2 Å². The molecule has 3 aromatic rings. The summed E-state index contributed by atoms with van der Waals surface area (Å²) in [6, 6.07) is 6.51. The van der Waals surface area contributed by atoms with Crippen molar-refractivity contribution < 1.29 is 19.1 Å². The number of fused-ring (bicyclic) bond motifs is 1. The number of alkyl carbamates (subject to hydrolysis) is 1. The van der Waals surface area contributed by atoms with Crippen LogP contribution in [0.15, 0.2) is 18.3 Å². The minimum atomic E-state index is -0.756. The first kappa shape index (κ1) is 33.0. The van der Waals surface area contributed by atoms with Crippen molar-refractivity contribution in [3.05, 3.63) is 34.6 Å². The molecule has 0 radical (unpaired) electrons. The number of carbonyl (C=O) groups is 2. The number of anilines is 4. The van der Waals surface area contributed by atoms with E-state index >= 15 is 0 Å².